The minimum Gasteiger partial charge on any atom is -0.297 e. The Morgan fingerprint density at radius 3 is 1.89 bits per heavy atom. The van der Waals surface area contributed by atoms with E-state index in [0.29, 0.717) is 6.04 Å². The SMILES string of the molecule is CN(C1CCN(Cc2ccccc2)C1)P(c1ccccc1)c1ccccc1. The van der Waals surface area contributed by atoms with E-state index in [4.69, 9.17) is 0 Å². The molecule has 138 valence electrons. The van der Waals surface area contributed by atoms with E-state index in [1.54, 1.807) is 0 Å². The molecule has 1 aliphatic heterocycles. The molecule has 1 heterocycles. The molecule has 4 rings (SSSR count). The second-order valence-corrected chi connectivity index (χ2v) is 9.51. The first-order valence-corrected chi connectivity index (χ1v) is 11.0. The summed E-state index contributed by atoms with van der Waals surface area (Å²) in [4.78, 5) is 2.60. The van der Waals surface area contributed by atoms with Crippen LogP contribution in [0.3, 0.4) is 0 Å². The Balaban J connectivity index is 1.51. The third-order valence-electron chi connectivity index (χ3n) is 5.34. The molecule has 0 aliphatic carbocycles. The molecular weight excluding hydrogens is 347 g/mol. The molecule has 1 saturated heterocycles. The lowest BCUT2D eigenvalue weighted by Crippen LogP contribution is -2.36. The van der Waals surface area contributed by atoms with E-state index >= 15 is 0 Å². The molecule has 0 aromatic heterocycles. The van der Waals surface area contributed by atoms with Crippen molar-refractivity contribution in [3.63, 3.8) is 0 Å². The largest absolute Gasteiger partial charge is 0.297 e. The van der Waals surface area contributed by atoms with Gasteiger partial charge in [-0.25, -0.2) is 0 Å². The summed E-state index contributed by atoms with van der Waals surface area (Å²) in [5, 5.41) is 2.87. The topological polar surface area (TPSA) is 6.48 Å². The van der Waals surface area contributed by atoms with Crippen LogP contribution in [0, 0.1) is 0 Å². The molecule has 1 unspecified atom stereocenters. The average Bonchev–Trinajstić information content (AvgIpc) is 3.19. The normalized spacial score (nSPS) is 17.7. The van der Waals surface area contributed by atoms with Gasteiger partial charge in [-0.15, -0.1) is 0 Å². The number of hydrogen-bond acceptors (Lipinski definition) is 2. The van der Waals surface area contributed by atoms with E-state index in [-0.39, 0.29) is 0 Å². The van der Waals surface area contributed by atoms with Gasteiger partial charge in [0.1, 0.15) is 0 Å². The second kappa shape index (κ2) is 8.80. The number of likely N-dealkylation sites (N-methyl/N-ethyl adjacent to an activating group) is 1. The maximum absolute atomic E-state index is 2.64. The number of rotatable bonds is 6. The third kappa shape index (κ3) is 4.47. The van der Waals surface area contributed by atoms with E-state index in [0.717, 1.165) is 13.1 Å². The molecule has 0 saturated carbocycles. The number of benzene rings is 3. The first kappa shape index (κ1) is 18.4. The Kier molecular flexibility index (Phi) is 5.99. The summed E-state index contributed by atoms with van der Waals surface area (Å²) in [7, 11) is 1.83. The predicted molar refractivity (Wildman–Crippen MR) is 117 cm³/mol. The summed E-state index contributed by atoms with van der Waals surface area (Å²) in [5.41, 5.74) is 1.41. The monoisotopic (exact) mass is 374 g/mol. The highest BCUT2D eigenvalue weighted by molar-refractivity contribution is 7.70. The van der Waals surface area contributed by atoms with Gasteiger partial charge in [-0.1, -0.05) is 91.0 Å². The summed E-state index contributed by atoms with van der Waals surface area (Å²) < 4.78 is 2.64. The Hall–Kier alpha value is -1.99. The summed E-state index contributed by atoms with van der Waals surface area (Å²) in [6.45, 7) is 3.38. The van der Waals surface area contributed by atoms with Crippen LogP contribution in [0.4, 0.5) is 0 Å². The van der Waals surface area contributed by atoms with Gasteiger partial charge in [0.15, 0.2) is 0 Å². The molecule has 1 aliphatic rings. The Bertz CT molecular complexity index is 783. The van der Waals surface area contributed by atoms with Gasteiger partial charge in [0, 0.05) is 33.7 Å². The van der Waals surface area contributed by atoms with Crippen LogP contribution in [0.2, 0.25) is 0 Å². The van der Waals surface area contributed by atoms with Gasteiger partial charge in [-0.2, -0.15) is 0 Å². The summed E-state index contributed by atoms with van der Waals surface area (Å²) in [6, 6.07) is 33.4. The van der Waals surface area contributed by atoms with Crippen molar-refractivity contribution in [2.45, 2.75) is 19.0 Å². The fourth-order valence-corrected chi connectivity index (χ4v) is 6.37. The summed E-state index contributed by atoms with van der Waals surface area (Å²) in [6.07, 6.45) is 1.24. The third-order valence-corrected chi connectivity index (χ3v) is 7.87. The number of nitrogens with zero attached hydrogens (tertiary/aromatic N) is 2. The van der Waals surface area contributed by atoms with Crippen molar-refractivity contribution in [1.29, 1.82) is 0 Å². The molecule has 0 spiro atoms. The van der Waals surface area contributed by atoms with Crippen molar-refractivity contribution in [1.82, 2.24) is 9.57 Å². The molecular formula is C24H27N2P. The second-order valence-electron chi connectivity index (χ2n) is 7.22. The number of hydrogen-bond donors (Lipinski definition) is 0. The Morgan fingerprint density at radius 2 is 1.33 bits per heavy atom. The fraction of sp³-hybridized carbons (Fsp3) is 0.250. The first-order valence-electron chi connectivity index (χ1n) is 9.70. The summed E-state index contributed by atoms with van der Waals surface area (Å²) in [5.74, 6) is 0. The zero-order chi connectivity index (χ0) is 18.5. The van der Waals surface area contributed by atoms with E-state index in [9.17, 15) is 0 Å². The first-order chi connectivity index (χ1) is 13.3. The molecule has 3 aromatic carbocycles. The van der Waals surface area contributed by atoms with Crippen LogP contribution < -0.4 is 10.6 Å². The molecule has 2 nitrogen and oxygen atoms in total. The maximum atomic E-state index is 2.64. The zero-order valence-corrected chi connectivity index (χ0v) is 16.8. The van der Waals surface area contributed by atoms with Crippen LogP contribution in [0.25, 0.3) is 0 Å². The van der Waals surface area contributed by atoms with Crippen LogP contribution in [0.15, 0.2) is 91.0 Å². The lowest BCUT2D eigenvalue weighted by molar-refractivity contribution is 0.304. The fourth-order valence-electron chi connectivity index (χ4n) is 3.92. The molecule has 1 fully saturated rings. The van der Waals surface area contributed by atoms with Crippen LogP contribution in [-0.4, -0.2) is 35.7 Å². The lowest BCUT2D eigenvalue weighted by atomic mass is 10.2. The molecule has 0 radical (unpaired) electrons. The average molecular weight is 374 g/mol. The van der Waals surface area contributed by atoms with Gasteiger partial charge < -0.3 is 0 Å². The van der Waals surface area contributed by atoms with E-state index < -0.39 is 8.07 Å². The molecule has 1 atom stereocenters. The van der Waals surface area contributed by atoms with Gasteiger partial charge in [0.05, 0.1) is 0 Å². The Morgan fingerprint density at radius 1 is 0.815 bits per heavy atom. The highest BCUT2D eigenvalue weighted by Gasteiger charge is 2.31. The van der Waals surface area contributed by atoms with E-state index in [1.807, 2.05) is 0 Å². The molecule has 3 heteroatoms. The molecule has 27 heavy (non-hydrogen) atoms. The van der Waals surface area contributed by atoms with Crippen molar-refractivity contribution in [2.24, 2.45) is 0 Å². The minimum absolute atomic E-state index is 0.495. The zero-order valence-electron chi connectivity index (χ0n) is 15.9. The van der Waals surface area contributed by atoms with E-state index in [2.05, 4.69) is 108 Å². The Labute approximate surface area is 164 Å². The van der Waals surface area contributed by atoms with Gasteiger partial charge >= 0.3 is 0 Å². The van der Waals surface area contributed by atoms with Gasteiger partial charge in [0.25, 0.3) is 0 Å². The molecule has 0 bridgehead atoms. The van der Waals surface area contributed by atoms with Crippen LogP contribution >= 0.6 is 8.07 Å². The highest BCUT2D eigenvalue weighted by Crippen LogP contribution is 2.40. The van der Waals surface area contributed by atoms with Crippen molar-refractivity contribution >= 4 is 18.7 Å². The van der Waals surface area contributed by atoms with Crippen LogP contribution in [0.1, 0.15) is 12.0 Å². The lowest BCUT2D eigenvalue weighted by Gasteiger charge is -2.33. The maximum Gasteiger partial charge on any atom is 0.0281 e. The molecule has 0 amide bonds. The van der Waals surface area contributed by atoms with Gasteiger partial charge in [0.2, 0.25) is 0 Å². The van der Waals surface area contributed by atoms with Crippen LogP contribution in [-0.2, 0) is 6.54 Å². The van der Waals surface area contributed by atoms with E-state index in [1.165, 1.54) is 29.1 Å². The van der Waals surface area contributed by atoms with Crippen molar-refractivity contribution < 1.29 is 0 Å². The van der Waals surface area contributed by atoms with Crippen molar-refractivity contribution in [3.8, 4) is 0 Å². The standard InChI is InChI=1S/C24H27N2P/c1-25(22-17-18-26(20-22)19-21-11-5-2-6-12-21)27(23-13-7-3-8-14-23)24-15-9-4-10-16-24/h2-16,22H,17-20H2,1H3. The smallest absolute Gasteiger partial charge is 0.0281 e. The van der Waals surface area contributed by atoms with Gasteiger partial charge in [-0.05, 0) is 29.6 Å². The summed E-state index contributed by atoms with van der Waals surface area (Å²) >= 11 is 0. The van der Waals surface area contributed by atoms with Crippen molar-refractivity contribution in [2.75, 3.05) is 20.1 Å². The molecule has 0 N–H and O–H groups in total. The quantitative estimate of drug-likeness (QED) is 0.596. The van der Waals surface area contributed by atoms with Gasteiger partial charge in [-0.3, -0.25) is 9.57 Å². The molecule has 3 aromatic rings. The highest BCUT2D eigenvalue weighted by atomic mass is 31.1. The van der Waals surface area contributed by atoms with Crippen LogP contribution in [0.5, 0.6) is 0 Å². The minimum atomic E-state index is -0.495. The number of likely N-dealkylation sites (tertiary alicyclic amines) is 1. The predicted octanol–water partition coefficient (Wildman–Crippen LogP) is 4.24. The van der Waals surface area contributed by atoms with Crippen molar-refractivity contribution in [3.05, 3.63) is 96.6 Å².